The largest absolute Gasteiger partial charge is 0.478 e. The average Bonchev–Trinajstić information content (AvgIpc) is 2.78. The van der Waals surface area contributed by atoms with Gasteiger partial charge in [-0.1, -0.05) is 50.6 Å². The van der Waals surface area contributed by atoms with Gasteiger partial charge in [0.1, 0.15) is 5.82 Å². The lowest BCUT2D eigenvalue weighted by molar-refractivity contribution is 0.0699. The highest BCUT2D eigenvalue weighted by Crippen LogP contribution is 2.36. The molecule has 0 aliphatic heterocycles. The lowest BCUT2D eigenvalue weighted by atomic mass is 9.87. The van der Waals surface area contributed by atoms with Crippen molar-refractivity contribution < 1.29 is 22.7 Å². The Morgan fingerprint density at radius 1 is 1.00 bits per heavy atom. The fourth-order valence-electron chi connectivity index (χ4n) is 4.02. The zero-order chi connectivity index (χ0) is 25.5. The van der Waals surface area contributed by atoms with Crippen LogP contribution in [0.15, 0.2) is 71.8 Å². The summed E-state index contributed by atoms with van der Waals surface area (Å²) in [6.45, 7) is 7.43. The van der Waals surface area contributed by atoms with Gasteiger partial charge >= 0.3 is 5.97 Å². The fourth-order valence-corrected chi connectivity index (χ4v) is 5.12. The van der Waals surface area contributed by atoms with Gasteiger partial charge in [0, 0.05) is 17.1 Å². The number of pyridine rings is 1. The fraction of sp³-hybridized carbons (Fsp3) is 0.185. The SMILES string of the molecule is Cc1ccc(NS(=O)(=O)c2ccc(C(C)(C)C)c(F)c2)c(-c2ccc(C(=O)O)c3ncccc23)c1. The van der Waals surface area contributed by atoms with Crippen molar-refractivity contribution in [1.29, 1.82) is 0 Å². The summed E-state index contributed by atoms with van der Waals surface area (Å²) in [5.74, 6) is -1.70. The van der Waals surface area contributed by atoms with Crippen LogP contribution in [0.2, 0.25) is 0 Å². The van der Waals surface area contributed by atoms with E-state index in [0.717, 1.165) is 11.6 Å². The Hall–Kier alpha value is -3.78. The van der Waals surface area contributed by atoms with Crippen LogP contribution in [0.25, 0.3) is 22.0 Å². The van der Waals surface area contributed by atoms with Crippen molar-refractivity contribution in [2.75, 3.05) is 4.72 Å². The number of rotatable bonds is 5. The molecule has 0 atom stereocenters. The van der Waals surface area contributed by atoms with Gasteiger partial charge in [0.05, 0.1) is 21.7 Å². The number of aromatic nitrogens is 1. The number of sulfonamides is 1. The third-order valence-electron chi connectivity index (χ3n) is 5.77. The summed E-state index contributed by atoms with van der Waals surface area (Å²) in [7, 11) is -4.12. The number of nitrogens with one attached hydrogen (secondary N) is 1. The number of halogens is 1. The smallest absolute Gasteiger partial charge is 0.337 e. The second kappa shape index (κ2) is 8.78. The molecule has 1 heterocycles. The first kappa shape index (κ1) is 24.3. The Balaban J connectivity index is 1.84. The maximum Gasteiger partial charge on any atom is 0.337 e. The number of hydrogen-bond acceptors (Lipinski definition) is 4. The minimum absolute atomic E-state index is 0.0496. The molecular weight excluding hydrogens is 467 g/mol. The van der Waals surface area contributed by atoms with Gasteiger partial charge in [-0.15, -0.1) is 0 Å². The van der Waals surface area contributed by atoms with E-state index in [4.69, 9.17) is 0 Å². The summed E-state index contributed by atoms with van der Waals surface area (Å²) in [5, 5.41) is 10.1. The summed E-state index contributed by atoms with van der Waals surface area (Å²) < 4.78 is 43.8. The molecule has 0 unspecified atom stereocenters. The number of benzene rings is 3. The lowest BCUT2D eigenvalue weighted by Gasteiger charge is -2.20. The first-order valence-electron chi connectivity index (χ1n) is 10.9. The van der Waals surface area contributed by atoms with E-state index in [9.17, 15) is 22.7 Å². The molecule has 0 saturated carbocycles. The zero-order valence-corrected chi connectivity index (χ0v) is 20.6. The van der Waals surface area contributed by atoms with Crippen LogP contribution in [0, 0.1) is 12.7 Å². The maximum absolute atomic E-state index is 14.7. The van der Waals surface area contributed by atoms with E-state index in [1.807, 2.05) is 33.8 Å². The number of hydrogen-bond donors (Lipinski definition) is 2. The van der Waals surface area contributed by atoms with Crippen molar-refractivity contribution in [3.05, 3.63) is 89.4 Å². The van der Waals surface area contributed by atoms with E-state index in [2.05, 4.69) is 9.71 Å². The second-order valence-corrected chi connectivity index (χ2v) is 11.1. The number of carboxylic acid groups (broad SMARTS) is 1. The van der Waals surface area contributed by atoms with Crippen molar-refractivity contribution in [3.8, 4) is 11.1 Å². The zero-order valence-electron chi connectivity index (χ0n) is 19.8. The minimum Gasteiger partial charge on any atom is -0.478 e. The molecule has 0 aliphatic rings. The van der Waals surface area contributed by atoms with Crippen molar-refractivity contribution in [2.24, 2.45) is 0 Å². The van der Waals surface area contributed by atoms with Crippen molar-refractivity contribution in [3.63, 3.8) is 0 Å². The monoisotopic (exact) mass is 492 g/mol. The normalized spacial score (nSPS) is 12.0. The van der Waals surface area contributed by atoms with E-state index < -0.39 is 27.2 Å². The lowest BCUT2D eigenvalue weighted by Crippen LogP contribution is -2.17. The molecule has 0 aliphatic carbocycles. The number of carbonyl (C=O) groups is 1. The number of anilines is 1. The highest BCUT2D eigenvalue weighted by molar-refractivity contribution is 7.92. The minimum atomic E-state index is -4.12. The molecular formula is C27H25FN2O4S. The van der Waals surface area contributed by atoms with Crippen LogP contribution >= 0.6 is 0 Å². The molecule has 0 spiro atoms. The van der Waals surface area contributed by atoms with Gasteiger partial charge in [-0.2, -0.15) is 0 Å². The molecule has 0 saturated heterocycles. The molecule has 180 valence electrons. The van der Waals surface area contributed by atoms with Crippen molar-refractivity contribution in [1.82, 2.24) is 4.98 Å². The average molecular weight is 493 g/mol. The predicted octanol–water partition coefficient (Wildman–Crippen LogP) is 6.15. The van der Waals surface area contributed by atoms with Crippen LogP contribution in [0.3, 0.4) is 0 Å². The van der Waals surface area contributed by atoms with Crippen LogP contribution in [-0.4, -0.2) is 24.5 Å². The van der Waals surface area contributed by atoms with Gasteiger partial charge in [-0.25, -0.2) is 17.6 Å². The number of aryl methyl sites for hydroxylation is 1. The quantitative estimate of drug-likeness (QED) is 0.349. The molecule has 1 aromatic heterocycles. The molecule has 3 aromatic carbocycles. The number of aromatic carboxylic acids is 1. The van der Waals surface area contributed by atoms with E-state index in [1.165, 1.54) is 24.4 Å². The van der Waals surface area contributed by atoms with Crippen molar-refractivity contribution >= 4 is 32.6 Å². The van der Waals surface area contributed by atoms with Gasteiger partial charge in [0.25, 0.3) is 10.0 Å². The highest BCUT2D eigenvalue weighted by atomic mass is 32.2. The molecule has 6 nitrogen and oxygen atoms in total. The Kier molecular flexibility index (Phi) is 6.11. The summed E-state index contributed by atoms with van der Waals surface area (Å²) >= 11 is 0. The molecule has 0 amide bonds. The van der Waals surface area contributed by atoms with E-state index in [-0.39, 0.29) is 16.1 Å². The first-order valence-corrected chi connectivity index (χ1v) is 12.4. The van der Waals surface area contributed by atoms with Gasteiger partial charge in [0.15, 0.2) is 0 Å². The second-order valence-electron chi connectivity index (χ2n) is 9.41. The number of carboxylic acids is 1. The predicted molar refractivity (Wildman–Crippen MR) is 135 cm³/mol. The Bertz CT molecular complexity index is 1570. The highest BCUT2D eigenvalue weighted by Gasteiger charge is 2.23. The van der Waals surface area contributed by atoms with Gasteiger partial charge in [0.2, 0.25) is 0 Å². The van der Waals surface area contributed by atoms with E-state index in [1.54, 1.807) is 30.3 Å². The van der Waals surface area contributed by atoms with E-state index >= 15 is 0 Å². The summed E-state index contributed by atoms with van der Waals surface area (Å²) in [5.41, 5.74) is 2.63. The molecule has 4 aromatic rings. The van der Waals surface area contributed by atoms with Crippen LogP contribution in [0.4, 0.5) is 10.1 Å². The maximum atomic E-state index is 14.7. The summed E-state index contributed by atoms with van der Waals surface area (Å²) in [4.78, 5) is 15.7. The Morgan fingerprint density at radius 3 is 2.40 bits per heavy atom. The molecule has 0 fully saturated rings. The molecule has 0 radical (unpaired) electrons. The first-order chi connectivity index (χ1) is 16.4. The number of nitrogens with zero attached hydrogens (tertiary/aromatic N) is 1. The molecule has 2 N–H and O–H groups in total. The van der Waals surface area contributed by atoms with Crippen LogP contribution < -0.4 is 4.72 Å². The Labute approximate surface area is 203 Å². The molecule has 8 heteroatoms. The van der Waals surface area contributed by atoms with Crippen molar-refractivity contribution in [2.45, 2.75) is 38.0 Å². The van der Waals surface area contributed by atoms with Gasteiger partial charge in [-0.05, 0) is 59.9 Å². The molecule has 0 bridgehead atoms. The summed E-state index contributed by atoms with van der Waals surface area (Å²) in [6.07, 6.45) is 1.51. The third-order valence-corrected chi connectivity index (χ3v) is 7.13. The summed E-state index contributed by atoms with van der Waals surface area (Å²) in [6, 6.07) is 15.6. The molecule has 35 heavy (non-hydrogen) atoms. The van der Waals surface area contributed by atoms with E-state index in [0.29, 0.717) is 27.6 Å². The van der Waals surface area contributed by atoms with Gasteiger partial charge < -0.3 is 5.11 Å². The van der Waals surface area contributed by atoms with Crippen LogP contribution in [-0.2, 0) is 15.4 Å². The Morgan fingerprint density at radius 2 is 1.74 bits per heavy atom. The molecule has 4 rings (SSSR count). The van der Waals surface area contributed by atoms with Crippen LogP contribution in [0.5, 0.6) is 0 Å². The van der Waals surface area contributed by atoms with Crippen LogP contribution in [0.1, 0.15) is 42.3 Å². The van der Waals surface area contributed by atoms with Gasteiger partial charge in [-0.3, -0.25) is 9.71 Å². The topological polar surface area (TPSA) is 96.4 Å². The third kappa shape index (κ3) is 4.74. The standard InChI is InChI=1S/C27H25FN2O4S/c1-16-7-12-24(30-35(33,34)17-8-11-22(23(28)15-17)27(2,3)4)21(14-16)18-9-10-20(26(31)32)25-19(18)6-5-13-29-25/h5-15,30H,1-4H3,(H,31,32). The number of fused-ring (bicyclic) bond motifs is 1.